The lowest BCUT2D eigenvalue weighted by atomic mass is 10.1. The average Bonchev–Trinajstić information content (AvgIpc) is 2.94. The van der Waals surface area contributed by atoms with E-state index in [1.54, 1.807) is 28.9 Å². The van der Waals surface area contributed by atoms with Crippen molar-refractivity contribution in [3.63, 3.8) is 0 Å². The highest BCUT2D eigenvalue weighted by Gasteiger charge is 2.24. The van der Waals surface area contributed by atoms with Gasteiger partial charge in [-0.25, -0.2) is 9.07 Å². The number of rotatable bonds is 7. The minimum absolute atomic E-state index is 0.0178. The number of aromatic nitrogens is 3. The molecule has 0 aliphatic heterocycles. The van der Waals surface area contributed by atoms with Gasteiger partial charge in [0.1, 0.15) is 5.82 Å². The first-order valence-corrected chi connectivity index (χ1v) is 8.95. The molecule has 1 amide bonds. The van der Waals surface area contributed by atoms with Gasteiger partial charge < -0.3 is 4.90 Å². The number of hydrogen-bond donors (Lipinski definition) is 0. The van der Waals surface area contributed by atoms with E-state index in [2.05, 4.69) is 16.7 Å². The summed E-state index contributed by atoms with van der Waals surface area (Å²) in [6, 6.07) is 1.35. The van der Waals surface area contributed by atoms with Crippen molar-refractivity contribution in [2.45, 2.75) is 13.8 Å². The largest absolute Gasteiger partial charge is 0.305 e. The highest BCUT2D eigenvalue weighted by atomic mass is 32.2. The molecule has 0 aliphatic rings. The Morgan fingerprint density at radius 2 is 2.29 bits per heavy atom. The van der Waals surface area contributed by atoms with E-state index < -0.39 is 5.82 Å². The molecule has 0 fully saturated rings. The van der Waals surface area contributed by atoms with E-state index in [0.717, 1.165) is 11.9 Å². The molecule has 1 atom stereocenters. The van der Waals surface area contributed by atoms with Gasteiger partial charge in [0.15, 0.2) is 0 Å². The Labute approximate surface area is 145 Å². The topological polar surface area (TPSA) is 51.0 Å². The molecule has 128 valence electrons. The zero-order chi connectivity index (χ0) is 17.7. The van der Waals surface area contributed by atoms with E-state index in [-0.39, 0.29) is 11.8 Å². The van der Waals surface area contributed by atoms with Crippen LogP contribution >= 0.6 is 11.8 Å². The van der Waals surface area contributed by atoms with Gasteiger partial charge in [-0.1, -0.05) is 13.0 Å². The molecule has 0 spiro atoms. The maximum absolute atomic E-state index is 13.4. The Bertz CT molecular complexity index is 731. The predicted octanol–water partition coefficient (Wildman–Crippen LogP) is 3.23. The molecule has 2 aromatic rings. The molecule has 1 unspecified atom stereocenters. The fraction of sp³-hybridized carbons (Fsp3) is 0.353. The zero-order valence-electron chi connectivity index (χ0n) is 14.1. The van der Waals surface area contributed by atoms with Crippen LogP contribution in [0.2, 0.25) is 0 Å². The van der Waals surface area contributed by atoms with Gasteiger partial charge in [0, 0.05) is 24.3 Å². The number of anilines is 1. The number of thioether (sulfide) groups is 1. The second-order valence-electron chi connectivity index (χ2n) is 5.50. The lowest BCUT2D eigenvalue weighted by Crippen LogP contribution is -2.36. The zero-order valence-corrected chi connectivity index (χ0v) is 14.9. The number of nitrogens with zero attached hydrogens (tertiary/aromatic N) is 4. The van der Waals surface area contributed by atoms with Gasteiger partial charge >= 0.3 is 0 Å². The Kier molecular flexibility index (Phi) is 6.14. The van der Waals surface area contributed by atoms with E-state index >= 15 is 0 Å². The summed E-state index contributed by atoms with van der Waals surface area (Å²) in [6.07, 6.45) is 8.04. The summed E-state index contributed by atoms with van der Waals surface area (Å²) in [6.45, 7) is 7.86. The van der Waals surface area contributed by atoms with E-state index in [1.807, 2.05) is 20.1 Å². The quantitative estimate of drug-likeness (QED) is 0.721. The number of carbonyl (C=O) groups is 1. The molecule has 7 heteroatoms. The monoisotopic (exact) mass is 348 g/mol. The van der Waals surface area contributed by atoms with Crippen LogP contribution in [0.1, 0.15) is 12.6 Å². The lowest BCUT2D eigenvalue weighted by Gasteiger charge is -2.23. The molecule has 0 saturated heterocycles. The summed E-state index contributed by atoms with van der Waals surface area (Å²) in [5, 5.41) is 4.39. The Morgan fingerprint density at radius 1 is 1.54 bits per heavy atom. The van der Waals surface area contributed by atoms with Crippen LogP contribution in [0.3, 0.4) is 0 Å². The van der Waals surface area contributed by atoms with Crippen LogP contribution in [0.15, 0.2) is 37.3 Å². The first kappa shape index (κ1) is 18.2. The van der Waals surface area contributed by atoms with Gasteiger partial charge in [0.2, 0.25) is 5.91 Å². The minimum Gasteiger partial charge on any atom is -0.305 e. The van der Waals surface area contributed by atoms with E-state index in [4.69, 9.17) is 0 Å². The molecule has 0 bridgehead atoms. The third kappa shape index (κ3) is 4.03. The highest BCUT2D eigenvalue weighted by Crippen LogP contribution is 2.23. The SMILES string of the molecule is C=CCN(C(=O)C(C)CSC)c1cn(-c2cncc(F)c2)nc1C. The number of halogens is 1. The molecule has 0 radical (unpaired) electrons. The summed E-state index contributed by atoms with van der Waals surface area (Å²) in [7, 11) is 0. The Morgan fingerprint density at radius 3 is 2.92 bits per heavy atom. The summed E-state index contributed by atoms with van der Waals surface area (Å²) in [4.78, 5) is 18.2. The summed E-state index contributed by atoms with van der Waals surface area (Å²) < 4.78 is 14.9. The highest BCUT2D eigenvalue weighted by molar-refractivity contribution is 7.98. The molecule has 5 nitrogen and oxygen atoms in total. The second-order valence-corrected chi connectivity index (χ2v) is 6.41. The fourth-order valence-corrected chi connectivity index (χ4v) is 3.04. The number of pyridine rings is 1. The van der Waals surface area contributed by atoms with Crippen LogP contribution in [-0.2, 0) is 4.79 Å². The summed E-state index contributed by atoms with van der Waals surface area (Å²) in [5.74, 6) is 0.214. The number of amides is 1. The van der Waals surface area contributed by atoms with Crippen molar-refractivity contribution in [1.82, 2.24) is 14.8 Å². The summed E-state index contributed by atoms with van der Waals surface area (Å²) >= 11 is 1.63. The third-order valence-corrected chi connectivity index (χ3v) is 4.37. The van der Waals surface area contributed by atoms with Crippen molar-refractivity contribution >= 4 is 23.4 Å². The van der Waals surface area contributed by atoms with Gasteiger partial charge in [-0.05, 0) is 13.2 Å². The minimum atomic E-state index is -0.435. The molecule has 0 N–H and O–H groups in total. The molecule has 2 heterocycles. The molecule has 2 aromatic heterocycles. The van der Waals surface area contributed by atoms with Crippen molar-refractivity contribution < 1.29 is 9.18 Å². The molecule has 0 aromatic carbocycles. The van der Waals surface area contributed by atoms with E-state index in [0.29, 0.717) is 23.6 Å². The predicted molar refractivity (Wildman–Crippen MR) is 96.2 cm³/mol. The molecule has 0 aliphatic carbocycles. The van der Waals surface area contributed by atoms with Gasteiger partial charge in [-0.2, -0.15) is 16.9 Å². The number of carbonyl (C=O) groups excluding carboxylic acids is 1. The average molecular weight is 348 g/mol. The summed E-state index contributed by atoms with van der Waals surface area (Å²) in [5.41, 5.74) is 1.88. The van der Waals surface area contributed by atoms with Crippen LogP contribution in [0.25, 0.3) is 5.69 Å². The maximum Gasteiger partial charge on any atom is 0.231 e. The van der Waals surface area contributed by atoms with Gasteiger partial charge in [-0.15, -0.1) is 6.58 Å². The van der Waals surface area contributed by atoms with Gasteiger partial charge in [0.25, 0.3) is 0 Å². The Balaban J connectivity index is 2.37. The van der Waals surface area contributed by atoms with Crippen molar-refractivity contribution in [2.24, 2.45) is 5.92 Å². The van der Waals surface area contributed by atoms with Gasteiger partial charge in [0.05, 0.1) is 35.7 Å². The van der Waals surface area contributed by atoms with E-state index in [9.17, 15) is 9.18 Å². The molecule has 0 saturated carbocycles. The van der Waals surface area contributed by atoms with Crippen LogP contribution in [0, 0.1) is 18.7 Å². The maximum atomic E-state index is 13.4. The van der Waals surface area contributed by atoms with Crippen molar-refractivity contribution in [2.75, 3.05) is 23.5 Å². The standard InChI is InChI=1S/C17H21FN4OS/c1-5-6-21(17(23)12(2)11-24-4)16-10-22(20-13(16)3)15-7-14(18)8-19-9-15/h5,7-10,12H,1,6,11H2,2-4H3. The molecule has 24 heavy (non-hydrogen) atoms. The second kappa shape index (κ2) is 8.10. The van der Waals surface area contributed by atoms with Crippen molar-refractivity contribution in [1.29, 1.82) is 0 Å². The molecule has 2 rings (SSSR count). The lowest BCUT2D eigenvalue weighted by molar-refractivity contribution is -0.121. The van der Waals surface area contributed by atoms with Gasteiger partial charge in [-0.3, -0.25) is 9.78 Å². The Hall–Kier alpha value is -2.15. The molecular formula is C17H21FN4OS. The first-order chi connectivity index (χ1) is 11.5. The van der Waals surface area contributed by atoms with Crippen molar-refractivity contribution in [3.8, 4) is 5.69 Å². The number of hydrogen-bond acceptors (Lipinski definition) is 4. The fourth-order valence-electron chi connectivity index (χ4n) is 2.40. The van der Waals surface area contributed by atoms with Crippen molar-refractivity contribution in [3.05, 3.63) is 48.8 Å². The smallest absolute Gasteiger partial charge is 0.231 e. The van der Waals surface area contributed by atoms with Crippen LogP contribution in [-0.4, -0.2) is 39.2 Å². The first-order valence-electron chi connectivity index (χ1n) is 7.56. The van der Waals surface area contributed by atoms with Crippen LogP contribution < -0.4 is 4.90 Å². The number of aryl methyl sites for hydroxylation is 1. The third-order valence-electron chi connectivity index (χ3n) is 3.53. The molecular weight excluding hydrogens is 327 g/mol. The van der Waals surface area contributed by atoms with E-state index in [1.165, 1.54) is 16.9 Å². The normalized spacial score (nSPS) is 12.0. The van der Waals surface area contributed by atoms with Crippen LogP contribution in [0.5, 0.6) is 0 Å². The van der Waals surface area contributed by atoms with Crippen LogP contribution in [0.4, 0.5) is 10.1 Å².